The maximum absolute atomic E-state index is 12.8. The first-order valence-electron chi connectivity index (χ1n) is 24.6. The Morgan fingerprint density at radius 3 is 1.17 bits per heavy atom. The summed E-state index contributed by atoms with van der Waals surface area (Å²) in [5.41, 5.74) is 0. The average molecular weight is 829 g/mol. The minimum Gasteiger partial charge on any atom is -0.462 e. The van der Waals surface area contributed by atoms with E-state index in [4.69, 9.17) is 18.9 Å². The molecule has 1 saturated heterocycles. The standard InChI is InChI=1S/C48H92O10/c1-3-5-7-9-11-13-15-17-19-20-21-22-23-25-27-29-31-33-35-37-44(51)57-41(40-56-48-47(54)46(53)45(52)42(38-49)58-48)39-55-43(50)36-34-32-30-28-26-24-18-16-14-12-10-8-6-4-2/h41-42,45-49,52-54H,3-40H2,1-2H3/t41-,42-,45+,46?,47?,48-/m1/s1. The zero-order valence-electron chi connectivity index (χ0n) is 37.6. The minimum absolute atomic E-state index is 0.209. The number of aliphatic hydroxyl groups is 4. The van der Waals surface area contributed by atoms with Gasteiger partial charge in [0.05, 0.1) is 13.2 Å². The summed E-state index contributed by atoms with van der Waals surface area (Å²) in [6, 6.07) is 0. The molecule has 0 saturated carbocycles. The highest BCUT2D eigenvalue weighted by Gasteiger charge is 2.44. The van der Waals surface area contributed by atoms with Crippen LogP contribution in [-0.4, -0.2) is 89.0 Å². The fourth-order valence-corrected chi connectivity index (χ4v) is 7.84. The number of ether oxygens (including phenoxy) is 4. The van der Waals surface area contributed by atoms with E-state index in [1.807, 2.05) is 0 Å². The monoisotopic (exact) mass is 829 g/mol. The number of unbranched alkanes of at least 4 members (excludes halogenated alkanes) is 31. The molecule has 0 aliphatic carbocycles. The van der Waals surface area contributed by atoms with Gasteiger partial charge in [-0.25, -0.2) is 0 Å². The van der Waals surface area contributed by atoms with E-state index >= 15 is 0 Å². The lowest BCUT2D eigenvalue weighted by Gasteiger charge is -2.39. The fourth-order valence-electron chi connectivity index (χ4n) is 7.84. The summed E-state index contributed by atoms with van der Waals surface area (Å²) in [7, 11) is 0. The Hall–Kier alpha value is -1.30. The summed E-state index contributed by atoms with van der Waals surface area (Å²) in [4.78, 5) is 25.4. The van der Waals surface area contributed by atoms with Crippen molar-refractivity contribution in [2.24, 2.45) is 0 Å². The van der Waals surface area contributed by atoms with Crippen LogP contribution in [0.5, 0.6) is 0 Å². The van der Waals surface area contributed by atoms with Crippen LogP contribution in [0, 0.1) is 0 Å². The van der Waals surface area contributed by atoms with E-state index in [1.165, 1.54) is 167 Å². The smallest absolute Gasteiger partial charge is 0.306 e. The zero-order chi connectivity index (χ0) is 42.3. The quantitative estimate of drug-likeness (QED) is 0.0346. The second-order valence-corrected chi connectivity index (χ2v) is 17.3. The van der Waals surface area contributed by atoms with Crippen LogP contribution < -0.4 is 0 Å². The van der Waals surface area contributed by atoms with Crippen molar-refractivity contribution in [3.63, 3.8) is 0 Å². The van der Waals surface area contributed by atoms with E-state index < -0.39 is 49.4 Å². The van der Waals surface area contributed by atoms with Gasteiger partial charge in [0.1, 0.15) is 31.0 Å². The Balaban J connectivity index is 2.26. The topological polar surface area (TPSA) is 152 Å². The molecule has 1 aliphatic heterocycles. The van der Waals surface area contributed by atoms with Crippen molar-refractivity contribution in [1.82, 2.24) is 0 Å². The van der Waals surface area contributed by atoms with E-state index in [2.05, 4.69) is 13.8 Å². The molecule has 1 aliphatic rings. The maximum atomic E-state index is 12.8. The molecule has 10 heteroatoms. The largest absolute Gasteiger partial charge is 0.462 e. The van der Waals surface area contributed by atoms with Crippen LogP contribution in [0.2, 0.25) is 0 Å². The van der Waals surface area contributed by atoms with Crippen LogP contribution in [0.1, 0.15) is 239 Å². The normalized spacial score (nSPS) is 20.0. The second-order valence-electron chi connectivity index (χ2n) is 17.3. The molecule has 0 spiro atoms. The van der Waals surface area contributed by atoms with Crippen molar-refractivity contribution in [2.75, 3.05) is 19.8 Å². The lowest BCUT2D eigenvalue weighted by molar-refractivity contribution is -0.305. The first-order chi connectivity index (χ1) is 28.3. The van der Waals surface area contributed by atoms with Gasteiger partial charge in [-0.3, -0.25) is 9.59 Å². The molecular weight excluding hydrogens is 737 g/mol. The molecule has 0 bridgehead atoms. The first kappa shape index (κ1) is 54.7. The molecule has 0 aromatic heterocycles. The molecule has 1 fully saturated rings. The van der Waals surface area contributed by atoms with Gasteiger partial charge in [-0.1, -0.05) is 213 Å². The van der Waals surface area contributed by atoms with Crippen LogP contribution in [0.3, 0.4) is 0 Å². The molecule has 6 atom stereocenters. The molecule has 0 amide bonds. The summed E-state index contributed by atoms with van der Waals surface area (Å²) in [5.74, 6) is -0.788. The lowest BCUT2D eigenvalue weighted by atomic mass is 9.99. The van der Waals surface area contributed by atoms with Crippen molar-refractivity contribution in [2.45, 2.75) is 275 Å². The predicted molar refractivity (Wildman–Crippen MR) is 234 cm³/mol. The van der Waals surface area contributed by atoms with Gasteiger partial charge in [-0.15, -0.1) is 0 Å². The average Bonchev–Trinajstić information content (AvgIpc) is 3.22. The number of esters is 2. The molecular formula is C48H92O10. The maximum Gasteiger partial charge on any atom is 0.306 e. The van der Waals surface area contributed by atoms with E-state index in [-0.39, 0.29) is 32.0 Å². The summed E-state index contributed by atoms with van der Waals surface area (Å²) < 4.78 is 22.2. The van der Waals surface area contributed by atoms with Gasteiger partial charge in [0, 0.05) is 12.8 Å². The zero-order valence-corrected chi connectivity index (χ0v) is 37.6. The van der Waals surface area contributed by atoms with Gasteiger partial charge in [-0.2, -0.15) is 0 Å². The Bertz CT molecular complexity index is 917. The SMILES string of the molecule is CCCCCCCCCCCCCCCCCCCCCC(=O)O[C@H](COC(=O)CCCCCCCCCCCCCCCC)CO[C@@H]1O[C@H](CO)[C@H](O)C(O)C1O. The van der Waals surface area contributed by atoms with Crippen molar-refractivity contribution in [3.05, 3.63) is 0 Å². The Labute approximate surface area is 355 Å². The molecule has 0 aromatic rings. The highest BCUT2D eigenvalue weighted by atomic mass is 16.7. The van der Waals surface area contributed by atoms with Gasteiger partial charge < -0.3 is 39.4 Å². The second kappa shape index (κ2) is 39.8. The Kier molecular flexibility index (Phi) is 37.6. The van der Waals surface area contributed by atoms with Crippen molar-refractivity contribution in [3.8, 4) is 0 Å². The van der Waals surface area contributed by atoms with Gasteiger partial charge in [0.15, 0.2) is 12.4 Å². The highest BCUT2D eigenvalue weighted by molar-refractivity contribution is 5.70. The third-order valence-corrected chi connectivity index (χ3v) is 11.7. The van der Waals surface area contributed by atoms with Crippen LogP contribution in [0.4, 0.5) is 0 Å². The molecule has 344 valence electrons. The Morgan fingerprint density at radius 2 is 0.810 bits per heavy atom. The van der Waals surface area contributed by atoms with Crippen molar-refractivity contribution >= 4 is 11.9 Å². The van der Waals surface area contributed by atoms with Crippen LogP contribution in [0.15, 0.2) is 0 Å². The van der Waals surface area contributed by atoms with E-state index in [1.54, 1.807) is 0 Å². The summed E-state index contributed by atoms with van der Waals surface area (Å²) in [5, 5.41) is 40.1. The molecule has 10 nitrogen and oxygen atoms in total. The molecule has 1 heterocycles. The molecule has 0 radical (unpaired) electrons. The van der Waals surface area contributed by atoms with Gasteiger partial charge >= 0.3 is 11.9 Å². The molecule has 58 heavy (non-hydrogen) atoms. The predicted octanol–water partition coefficient (Wildman–Crippen LogP) is 11.0. The van der Waals surface area contributed by atoms with E-state index in [0.29, 0.717) is 6.42 Å². The van der Waals surface area contributed by atoms with Crippen LogP contribution in [0.25, 0.3) is 0 Å². The number of aliphatic hydroxyl groups excluding tert-OH is 4. The Morgan fingerprint density at radius 1 is 0.466 bits per heavy atom. The van der Waals surface area contributed by atoms with Gasteiger partial charge in [-0.05, 0) is 12.8 Å². The number of carbonyl (C=O) groups is 2. The van der Waals surface area contributed by atoms with E-state index in [0.717, 1.165) is 38.5 Å². The number of rotatable bonds is 42. The number of carbonyl (C=O) groups excluding carboxylic acids is 2. The van der Waals surface area contributed by atoms with Gasteiger partial charge in [0.2, 0.25) is 0 Å². The third kappa shape index (κ3) is 30.7. The first-order valence-corrected chi connectivity index (χ1v) is 24.6. The third-order valence-electron chi connectivity index (χ3n) is 11.7. The molecule has 0 aromatic carbocycles. The minimum atomic E-state index is -1.59. The summed E-state index contributed by atoms with van der Waals surface area (Å²) in [6.07, 6.45) is 33.9. The van der Waals surface area contributed by atoms with E-state index in [9.17, 15) is 30.0 Å². The van der Waals surface area contributed by atoms with Crippen molar-refractivity contribution < 1.29 is 49.0 Å². The summed E-state index contributed by atoms with van der Waals surface area (Å²) in [6.45, 7) is 3.47. The van der Waals surface area contributed by atoms with Crippen LogP contribution in [-0.2, 0) is 28.5 Å². The molecule has 1 rings (SSSR count). The highest BCUT2D eigenvalue weighted by Crippen LogP contribution is 2.23. The fraction of sp³-hybridized carbons (Fsp3) is 0.958. The summed E-state index contributed by atoms with van der Waals surface area (Å²) >= 11 is 0. The van der Waals surface area contributed by atoms with Gasteiger partial charge in [0.25, 0.3) is 0 Å². The van der Waals surface area contributed by atoms with Crippen molar-refractivity contribution in [1.29, 1.82) is 0 Å². The number of hydrogen-bond donors (Lipinski definition) is 4. The molecule has 2 unspecified atom stereocenters. The number of hydrogen-bond acceptors (Lipinski definition) is 10. The van der Waals surface area contributed by atoms with Crippen LogP contribution >= 0.6 is 0 Å². The lowest BCUT2D eigenvalue weighted by Crippen LogP contribution is -2.59. The molecule has 4 N–H and O–H groups in total.